The van der Waals surface area contributed by atoms with Crippen molar-refractivity contribution in [2.75, 3.05) is 26.8 Å². The molecule has 1 unspecified atom stereocenters. The highest BCUT2D eigenvalue weighted by molar-refractivity contribution is 5.77. The molecule has 4 nitrogen and oxygen atoms in total. The largest absolute Gasteiger partial charge is 0.388 e. The van der Waals surface area contributed by atoms with E-state index in [9.17, 15) is 0 Å². The fourth-order valence-corrected chi connectivity index (χ4v) is 3.01. The third-order valence-electron chi connectivity index (χ3n) is 4.09. The normalized spacial score (nSPS) is 18.9. The van der Waals surface area contributed by atoms with Crippen LogP contribution in [0.5, 0.6) is 0 Å². The molecule has 1 aromatic carbocycles. The summed E-state index contributed by atoms with van der Waals surface area (Å²) in [6.45, 7) is 2.97. The number of methoxy groups -OCH3 is 1. The molecule has 0 aromatic heterocycles. The molecule has 3 N–H and O–H groups in total. The van der Waals surface area contributed by atoms with Crippen molar-refractivity contribution in [2.24, 2.45) is 11.7 Å². The summed E-state index contributed by atoms with van der Waals surface area (Å²) in [6, 6.07) is 10.6. The fourth-order valence-electron chi connectivity index (χ4n) is 3.01. The number of piperidine rings is 1. The van der Waals surface area contributed by atoms with E-state index in [1.54, 1.807) is 7.11 Å². The Bertz CT molecular complexity index is 413. The molecule has 1 aliphatic rings. The zero-order valence-electron chi connectivity index (χ0n) is 12.2. The van der Waals surface area contributed by atoms with Crippen LogP contribution in [0.3, 0.4) is 0 Å². The van der Waals surface area contributed by atoms with Crippen LogP contribution in [0.1, 0.15) is 30.9 Å². The predicted molar refractivity (Wildman–Crippen MR) is 81.9 cm³/mol. The first-order valence-corrected chi connectivity index (χ1v) is 7.31. The maximum atomic E-state index is 7.63. The quantitative estimate of drug-likeness (QED) is 0.619. The van der Waals surface area contributed by atoms with E-state index in [1.807, 2.05) is 6.07 Å². The van der Waals surface area contributed by atoms with Crippen LogP contribution in [0, 0.1) is 11.3 Å². The van der Waals surface area contributed by atoms with Crippen LogP contribution in [0.4, 0.5) is 0 Å². The van der Waals surface area contributed by atoms with Gasteiger partial charge in [0, 0.05) is 26.2 Å². The van der Waals surface area contributed by atoms with Crippen LogP contribution in [-0.2, 0) is 4.74 Å². The smallest absolute Gasteiger partial charge is 0.0924 e. The zero-order valence-corrected chi connectivity index (χ0v) is 12.2. The van der Waals surface area contributed by atoms with Crippen molar-refractivity contribution in [1.82, 2.24) is 4.90 Å². The summed E-state index contributed by atoms with van der Waals surface area (Å²) in [6.07, 6.45) is 2.93. The molecule has 0 amide bonds. The summed E-state index contributed by atoms with van der Waals surface area (Å²) in [5, 5.41) is 7.63. The van der Waals surface area contributed by atoms with E-state index in [0.717, 1.165) is 32.5 Å². The molecule has 20 heavy (non-hydrogen) atoms. The summed E-state index contributed by atoms with van der Waals surface area (Å²) in [7, 11) is 1.77. The second kappa shape index (κ2) is 7.41. The maximum Gasteiger partial charge on any atom is 0.0924 e. The van der Waals surface area contributed by atoms with Gasteiger partial charge >= 0.3 is 0 Å². The van der Waals surface area contributed by atoms with E-state index in [-0.39, 0.29) is 11.9 Å². The average molecular weight is 275 g/mol. The minimum atomic E-state index is 0.234. The van der Waals surface area contributed by atoms with Crippen LogP contribution in [0.25, 0.3) is 0 Å². The number of nitrogens with zero attached hydrogens (tertiary/aromatic N) is 1. The molecule has 0 spiro atoms. The van der Waals surface area contributed by atoms with E-state index in [4.69, 9.17) is 15.9 Å². The summed E-state index contributed by atoms with van der Waals surface area (Å²) in [5.41, 5.74) is 6.91. The molecule has 0 radical (unpaired) electrons. The van der Waals surface area contributed by atoms with Crippen molar-refractivity contribution in [3.05, 3.63) is 35.9 Å². The van der Waals surface area contributed by atoms with Crippen molar-refractivity contribution in [3.8, 4) is 0 Å². The molecule has 1 atom stereocenters. The summed E-state index contributed by atoms with van der Waals surface area (Å²) < 4.78 is 5.25. The lowest BCUT2D eigenvalue weighted by molar-refractivity contribution is 0.0806. The van der Waals surface area contributed by atoms with Crippen molar-refractivity contribution in [3.63, 3.8) is 0 Å². The minimum absolute atomic E-state index is 0.234. The first-order valence-electron chi connectivity index (χ1n) is 7.31. The topological polar surface area (TPSA) is 62.3 Å². The van der Waals surface area contributed by atoms with Gasteiger partial charge in [0.2, 0.25) is 0 Å². The lowest BCUT2D eigenvalue weighted by Gasteiger charge is -2.37. The average Bonchev–Trinajstić information content (AvgIpc) is 2.47. The Hall–Kier alpha value is -1.39. The fraction of sp³-hybridized carbons (Fsp3) is 0.562. The highest BCUT2D eigenvalue weighted by Crippen LogP contribution is 2.29. The van der Waals surface area contributed by atoms with Crippen LogP contribution in [-0.4, -0.2) is 37.5 Å². The predicted octanol–water partition coefficient (Wildman–Crippen LogP) is 2.41. The molecule has 2 rings (SSSR count). The van der Waals surface area contributed by atoms with Crippen LogP contribution >= 0.6 is 0 Å². The Balaban J connectivity index is 2.03. The van der Waals surface area contributed by atoms with Gasteiger partial charge in [-0.15, -0.1) is 0 Å². The Morgan fingerprint density at radius 3 is 2.55 bits per heavy atom. The second-order valence-electron chi connectivity index (χ2n) is 5.59. The summed E-state index contributed by atoms with van der Waals surface area (Å²) in [5.74, 6) is 0.933. The molecule has 0 saturated carbocycles. The lowest BCUT2D eigenvalue weighted by atomic mass is 9.93. The van der Waals surface area contributed by atoms with Gasteiger partial charge in [0.1, 0.15) is 0 Å². The van der Waals surface area contributed by atoms with Gasteiger partial charge < -0.3 is 10.5 Å². The lowest BCUT2D eigenvalue weighted by Crippen LogP contribution is -2.39. The monoisotopic (exact) mass is 275 g/mol. The van der Waals surface area contributed by atoms with Gasteiger partial charge in [0.25, 0.3) is 0 Å². The van der Waals surface area contributed by atoms with Crippen molar-refractivity contribution in [2.45, 2.75) is 25.3 Å². The van der Waals surface area contributed by atoms with Gasteiger partial charge in [-0.2, -0.15) is 0 Å². The van der Waals surface area contributed by atoms with E-state index in [2.05, 4.69) is 29.2 Å². The van der Waals surface area contributed by atoms with Crippen LogP contribution < -0.4 is 5.73 Å². The second-order valence-corrected chi connectivity index (χ2v) is 5.59. The highest BCUT2D eigenvalue weighted by Gasteiger charge is 2.26. The number of nitrogens with one attached hydrogen (secondary N) is 1. The van der Waals surface area contributed by atoms with Gasteiger partial charge in [-0.25, -0.2) is 0 Å². The van der Waals surface area contributed by atoms with Crippen LogP contribution in [0.15, 0.2) is 30.3 Å². The SMILES string of the molecule is COCC1CCN(C(CC(=N)N)c2ccccc2)CC1. The van der Waals surface area contributed by atoms with Gasteiger partial charge in [-0.05, 0) is 37.4 Å². The molecule has 1 aromatic rings. The highest BCUT2D eigenvalue weighted by atomic mass is 16.5. The number of amidine groups is 1. The third kappa shape index (κ3) is 4.05. The van der Waals surface area contributed by atoms with Crippen LogP contribution in [0.2, 0.25) is 0 Å². The first kappa shape index (κ1) is 15.0. The van der Waals surface area contributed by atoms with E-state index in [0.29, 0.717) is 12.3 Å². The standard InChI is InChI=1S/C16H25N3O/c1-20-12-13-7-9-19(10-8-13)15(11-16(17)18)14-5-3-2-4-6-14/h2-6,13,15H,7-12H2,1H3,(H3,17,18). The van der Waals surface area contributed by atoms with Gasteiger partial charge in [-0.1, -0.05) is 30.3 Å². The minimum Gasteiger partial charge on any atom is -0.388 e. The van der Waals surface area contributed by atoms with E-state index < -0.39 is 0 Å². The molecule has 0 bridgehead atoms. The molecule has 0 aliphatic carbocycles. The molecular weight excluding hydrogens is 250 g/mol. The molecule has 1 saturated heterocycles. The summed E-state index contributed by atoms with van der Waals surface area (Å²) >= 11 is 0. The number of hydrogen-bond donors (Lipinski definition) is 2. The number of ether oxygens (including phenoxy) is 1. The Morgan fingerprint density at radius 1 is 1.35 bits per heavy atom. The molecule has 1 aliphatic heterocycles. The number of benzene rings is 1. The Morgan fingerprint density at radius 2 is 2.00 bits per heavy atom. The molecule has 4 heteroatoms. The third-order valence-corrected chi connectivity index (χ3v) is 4.09. The van der Waals surface area contributed by atoms with E-state index in [1.165, 1.54) is 5.56 Å². The maximum absolute atomic E-state index is 7.63. The van der Waals surface area contributed by atoms with Crippen molar-refractivity contribution in [1.29, 1.82) is 5.41 Å². The number of likely N-dealkylation sites (tertiary alicyclic amines) is 1. The zero-order chi connectivity index (χ0) is 14.4. The summed E-state index contributed by atoms with van der Waals surface area (Å²) in [4.78, 5) is 2.46. The Labute approximate surface area is 121 Å². The Kier molecular flexibility index (Phi) is 5.56. The van der Waals surface area contributed by atoms with Crippen molar-refractivity contribution >= 4 is 5.84 Å². The number of rotatable bonds is 6. The molecular formula is C16H25N3O. The van der Waals surface area contributed by atoms with Gasteiger partial charge in [-0.3, -0.25) is 10.3 Å². The first-order chi connectivity index (χ1) is 9.70. The molecule has 1 fully saturated rings. The number of hydrogen-bond acceptors (Lipinski definition) is 3. The molecule has 1 heterocycles. The van der Waals surface area contributed by atoms with Gasteiger partial charge in [0.15, 0.2) is 0 Å². The van der Waals surface area contributed by atoms with Gasteiger partial charge in [0.05, 0.1) is 5.84 Å². The molecule has 110 valence electrons. The van der Waals surface area contributed by atoms with E-state index >= 15 is 0 Å². The number of nitrogens with two attached hydrogens (primary N) is 1. The van der Waals surface area contributed by atoms with Crippen molar-refractivity contribution < 1.29 is 4.74 Å².